The Kier molecular flexibility index (Phi) is 8.50. The highest BCUT2D eigenvalue weighted by Gasteiger charge is 2.21. The van der Waals surface area contributed by atoms with Crippen LogP contribution in [0, 0.1) is 11.3 Å². The van der Waals surface area contributed by atoms with Gasteiger partial charge in [0, 0.05) is 44.1 Å². The minimum absolute atomic E-state index is 0.0191. The van der Waals surface area contributed by atoms with E-state index in [1.54, 1.807) is 0 Å². The Labute approximate surface area is 208 Å². The van der Waals surface area contributed by atoms with Crippen LogP contribution in [0.3, 0.4) is 0 Å². The number of carbonyl (C=O) groups excluding carboxylic acids is 1. The average molecular weight is 468 g/mol. The number of likely N-dealkylation sites (N-methyl/N-ethyl adjacent to an activating group) is 1. The molecule has 35 heavy (non-hydrogen) atoms. The molecule has 4 rings (SSSR count). The number of nitriles is 1. The zero-order valence-electron chi connectivity index (χ0n) is 20.3. The molecule has 3 aromatic rings. The molecule has 1 saturated heterocycles. The third kappa shape index (κ3) is 6.92. The first-order valence-corrected chi connectivity index (χ1v) is 12.2. The van der Waals surface area contributed by atoms with Gasteiger partial charge in [0.15, 0.2) is 0 Å². The van der Waals surface area contributed by atoms with E-state index in [0.29, 0.717) is 12.1 Å². The van der Waals surface area contributed by atoms with Crippen molar-refractivity contribution < 1.29 is 4.79 Å². The van der Waals surface area contributed by atoms with Crippen LogP contribution in [0.2, 0.25) is 0 Å². The van der Waals surface area contributed by atoms with Crippen molar-refractivity contribution in [3.63, 3.8) is 0 Å². The molecule has 0 aliphatic carbocycles. The van der Waals surface area contributed by atoms with E-state index < -0.39 is 0 Å². The molecule has 1 aliphatic heterocycles. The fraction of sp³-hybridized carbons (Fsp3) is 0.310. The van der Waals surface area contributed by atoms with Crippen LogP contribution in [0.15, 0.2) is 78.9 Å². The second kappa shape index (κ2) is 12.2. The van der Waals surface area contributed by atoms with Crippen LogP contribution >= 0.6 is 0 Å². The van der Waals surface area contributed by atoms with E-state index in [-0.39, 0.29) is 11.8 Å². The van der Waals surface area contributed by atoms with Crippen LogP contribution in [0.4, 0.5) is 11.4 Å². The molecule has 0 bridgehead atoms. The third-order valence-corrected chi connectivity index (χ3v) is 6.54. The lowest BCUT2D eigenvalue weighted by Gasteiger charge is -2.34. The van der Waals surface area contributed by atoms with Gasteiger partial charge in [-0.25, -0.2) is 0 Å². The summed E-state index contributed by atoms with van der Waals surface area (Å²) in [5, 5.41) is 15.5. The predicted molar refractivity (Wildman–Crippen MR) is 142 cm³/mol. The Morgan fingerprint density at radius 1 is 0.943 bits per heavy atom. The van der Waals surface area contributed by atoms with Gasteiger partial charge in [0.25, 0.3) is 0 Å². The van der Waals surface area contributed by atoms with E-state index in [1.165, 1.54) is 5.69 Å². The van der Waals surface area contributed by atoms with Gasteiger partial charge in [-0.1, -0.05) is 42.5 Å². The normalized spacial score (nSPS) is 14.8. The quantitative estimate of drug-likeness (QED) is 0.468. The Morgan fingerprint density at radius 3 is 2.29 bits per heavy atom. The highest BCUT2D eigenvalue weighted by Crippen LogP contribution is 2.22. The smallest absolute Gasteiger partial charge is 0.233 e. The SMILES string of the molecule is CN1CCN(c2ccc(NC(=O)C(CNCCc3ccc(C#N)cc3)c3ccccc3)cc2)CC1. The van der Waals surface area contributed by atoms with Crippen LogP contribution in [-0.4, -0.2) is 57.1 Å². The van der Waals surface area contributed by atoms with Crippen LogP contribution < -0.4 is 15.5 Å². The summed E-state index contributed by atoms with van der Waals surface area (Å²) in [5.41, 5.74) is 4.83. The van der Waals surface area contributed by atoms with Crippen molar-refractivity contribution >= 4 is 17.3 Å². The molecule has 2 N–H and O–H groups in total. The van der Waals surface area contributed by atoms with Gasteiger partial charge >= 0.3 is 0 Å². The molecule has 0 aromatic heterocycles. The fourth-order valence-electron chi connectivity index (χ4n) is 4.32. The minimum atomic E-state index is -0.297. The summed E-state index contributed by atoms with van der Waals surface area (Å²) in [5.74, 6) is -0.316. The third-order valence-electron chi connectivity index (χ3n) is 6.54. The van der Waals surface area contributed by atoms with E-state index in [0.717, 1.165) is 56.0 Å². The number of nitrogens with zero attached hydrogens (tertiary/aromatic N) is 3. The van der Waals surface area contributed by atoms with Crippen LogP contribution in [0.25, 0.3) is 0 Å². The van der Waals surface area contributed by atoms with Gasteiger partial charge in [-0.2, -0.15) is 5.26 Å². The van der Waals surface area contributed by atoms with Crippen molar-refractivity contribution in [3.8, 4) is 6.07 Å². The molecule has 1 atom stereocenters. The topological polar surface area (TPSA) is 71.4 Å². The van der Waals surface area contributed by atoms with E-state index in [1.807, 2.05) is 66.7 Å². The summed E-state index contributed by atoms with van der Waals surface area (Å²) in [6.45, 7) is 5.47. The van der Waals surface area contributed by atoms with Gasteiger partial charge in [0.05, 0.1) is 17.6 Å². The molecular formula is C29H33N5O. The molecule has 1 aliphatic rings. The van der Waals surface area contributed by atoms with Crippen LogP contribution in [-0.2, 0) is 11.2 Å². The Hall–Kier alpha value is -3.66. The number of piperazine rings is 1. The van der Waals surface area contributed by atoms with Gasteiger partial charge in [-0.3, -0.25) is 4.79 Å². The summed E-state index contributed by atoms with van der Waals surface area (Å²) >= 11 is 0. The van der Waals surface area contributed by atoms with Crippen LogP contribution in [0.5, 0.6) is 0 Å². The zero-order chi connectivity index (χ0) is 24.5. The van der Waals surface area contributed by atoms with Crippen molar-refractivity contribution in [3.05, 3.63) is 95.6 Å². The molecule has 1 amide bonds. The average Bonchev–Trinajstić information content (AvgIpc) is 2.90. The molecule has 0 radical (unpaired) electrons. The standard InChI is InChI=1S/C29H33N5O/c1-33-17-19-34(20-18-33)27-13-11-26(12-14-27)32-29(35)28(25-5-3-2-4-6-25)22-31-16-15-23-7-9-24(21-30)10-8-23/h2-14,28,31H,15-20,22H2,1H3,(H,32,35). The van der Waals surface area contributed by atoms with Crippen molar-refractivity contribution in [2.45, 2.75) is 12.3 Å². The summed E-state index contributed by atoms with van der Waals surface area (Å²) in [4.78, 5) is 18.0. The molecule has 1 fully saturated rings. The maximum absolute atomic E-state index is 13.3. The number of hydrogen-bond acceptors (Lipinski definition) is 5. The van der Waals surface area contributed by atoms with E-state index in [2.05, 4.69) is 45.7 Å². The van der Waals surface area contributed by atoms with Crippen molar-refractivity contribution in [1.29, 1.82) is 5.26 Å². The lowest BCUT2D eigenvalue weighted by atomic mass is 9.97. The van der Waals surface area contributed by atoms with Gasteiger partial charge < -0.3 is 20.4 Å². The molecule has 6 heteroatoms. The van der Waals surface area contributed by atoms with Gasteiger partial charge in [-0.15, -0.1) is 0 Å². The molecule has 0 spiro atoms. The summed E-state index contributed by atoms with van der Waals surface area (Å²) in [7, 11) is 2.15. The number of amides is 1. The van der Waals surface area contributed by atoms with E-state index in [9.17, 15) is 4.79 Å². The summed E-state index contributed by atoms with van der Waals surface area (Å²) in [6, 6.07) is 27.9. The van der Waals surface area contributed by atoms with Gasteiger partial charge in [-0.05, 0) is 67.5 Å². The first-order valence-electron chi connectivity index (χ1n) is 12.2. The molecule has 180 valence electrons. The van der Waals surface area contributed by atoms with Gasteiger partial charge in [0.2, 0.25) is 5.91 Å². The number of rotatable bonds is 9. The van der Waals surface area contributed by atoms with Crippen molar-refractivity contribution in [2.24, 2.45) is 0 Å². The predicted octanol–water partition coefficient (Wildman–Crippen LogP) is 3.86. The fourth-order valence-corrected chi connectivity index (χ4v) is 4.32. The van der Waals surface area contributed by atoms with Crippen LogP contribution in [0.1, 0.15) is 22.6 Å². The lowest BCUT2D eigenvalue weighted by molar-refractivity contribution is -0.117. The first-order chi connectivity index (χ1) is 17.1. The van der Waals surface area contributed by atoms with E-state index >= 15 is 0 Å². The number of carbonyl (C=O) groups is 1. The molecule has 6 nitrogen and oxygen atoms in total. The highest BCUT2D eigenvalue weighted by molar-refractivity contribution is 5.96. The molecule has 1 heterocycles. The monoisotopic (exact) mass is 467 g/mol. The maximum Gasteiger partial charge on any atom is 0.233 e. The number of nitrogens with one attached hydrogen (secondary N) is 2. The molecular weight excluding hydrogens is 434 g/mol. The molecule has 1 unspecified atom stereocenters. The Morgan fingerprint density at radius 2 is 1.63 bits per heavy atom. The zero-order valence-corrected chi connectivity index (χ0v) is 20.3. The first kappa shape index (κ1) is 24.5. The maximum atomic E-state index is 13.3. The largest absolute Gasteiger partial charge is 0.369 e. The van der Waals surface area contributed by atoms with Crippen molar-refractivity contribution in [1.82, 2.24) is 10.2 Å². The second-order valence-corrected chi connectivity index (χ2v) is 9.05. The lowest BCUT2D eigenvalue weighted by Crippen LogP contribution is -2.44. The second-order valence-electron chi connectivity index (χ2n) is 9.05. The number of hydrogen-bond donors (Lipinski definition) is 2. The van der Waals surface area contributed by atoms with Gasteiger partial charge in [0.1, 0.15) is 0 Å². The van der Waals surface area contributed by atoms with E-state index in [4.69, 9.17) is 5.26 Å². The Bertz CT molecular complexity index is 1110. The summed E-state index contributed by atoms with van der Waals surface area (Å²) < 4.78 is 0. The minimum Gasteiger partial charge on any atom is -0.369 e. The molecule has 0 saturated carbocycles. The van der Waals surface area contributed by atoms with Crippen molar-refractivity contribution in [2.75, 3.05) is 56.5 Å². The summed E-state index contributed by atoms with van der Waals surface area (Å²) in [6.07, 6.45) is 0.836. The number of benzene rings is 3. The Balaban J connectivity index is 1.34. The highest BCUT2D eigenvalue weighted by atomic mass is 16.1. The number of anilines is 2. The molecule has 3 aromatic carbocycles.